The Labute approximate surface area is 157 Å². The summed E-state index contributed by atoms with van der Waals surface area (Å²) >= 11 is 0. The Morgan fingerprint density at radius 2 is 2.00 bits per heavy atom. The summed E-state index contributed by atoms with van der Waals surface area (Å²) in [5, 5.41) is 14.4. The van der Waals surface area contributed by atoms with Gasteiger partial charge in [0.2, 0.25) is 5.91 Å². The SMILES string of the molecule is CC(=O)c1ccc(NCc2cccc(CN3CCCC3=O)c2)c([N+](=O)[O-])c1. The van der Waals surface area contributed by atoms with Gasteiger partial charge in [-0.3, -0.25) is 19.7 Å². The molecule has 0 radical (unpaired) electrons. The minimum absolute atomic E-state index is 0.124. The van der Waals surface area contributed by atoms with E-state index in [1.807, 2.05) is 29.2 Å². The highest BCUT2D eigenvalue weighted by Crippen LogP contribution is 2.26. The van der Waals surface area contributed by atoms with Crippen molar-refractivity contribution in [3.05, 3.63) is 69.3 Å². The molecule has 1 aliphatic rings. The minimum Gasteiger partial charge on any atom is -0.375 e. The first kappa shape index (κ1) is 18.6. The van der Waals surface area contributed by atoms with Crippen LogP contribution in [-0.4, -0.2) is 28.1 Å². The van der Waals surface area contributed by atoms with E-state index in [4.69, 9.17) is 0 Å². The van der Waals surface area contributed by atoms with Crippen LogP contribution in [0.5, 0.6) is 0 Å². The number of anilines is 1. The maximum Gasteiger partial charge on any atom is 0.293 e. The van der Waals surface area contributed by atoms with E-state index >= 15 is 0 Å². The zero-order valence-electron chi connectivity index (χ0n) is 15.1. The molecule has 3 rings (SSSR count). The summed E-state index contributed by atoms with van der Waals surface area (Å²) in [7, 11) is 0. The molecule has 1 saturated heterocycles. The second-order valence-electron chi connectivity index (χ2n) is 6.64. The number of Topliss-reactive ketones (excluding diaryl/α,β-unsaturated/α-hetero) is 1. The van der Waals surface area contributed by atoms with E-state index in [0.29, 0.717) is 30.8 Å². The molecule has 1 heterocycles. The van der Waals surface area contributed by atoms with Crippen LogP contribution in [-0.2, 0) is 17.9 Å². The Kier molecular flexibility index (Phi) is 5.49. The molecule has 0 aliphatic carbocycles. The Hall–Kier alpha value is -3.22. The van der Waals surface area contributed by atoms with E-state index in [1.54, 1.807) is 12.1 Å². The number of nitrogens with zero attached hydrogens (tertiary/aromatic N) is 2. The number of amides is 1. The van der Waals surface area contributed by atoms with E-state index in [0.717, 1.165) is 24.1 Å². The molecule has 27 heavy (non-hydrogen) atoms. The van der Waals surface area contributed by atoms with Crippen LogP contribution in [0.15, 0.2) is 42.5 Å². The molecule has 1 amide bonds. The first-order valence-electron chi connectivity index (χ1n) is 8.83. The first-order chi connectivity index (χ1) is 12.9. The smallest absolute Gasteiger partial charge is 0.293 e. The summed E-state index contributed by atoms with van der Waals surface area (Å²) in [5.74, 6) is -0.0338. The molecule has 7 heteroatoms. The minimum atomic E-state index is -0.496. The Bertz CT molecular complexity index is 895. The zero-order valence-corrected chi connectivity index (χ0v) is 15.1. The largest absolute Gasteiger partial charge is 0.375 e. The van der Waals surface area contributed by atoms with Gasteiger partial charge < -0.3 is 10.2 Å². The van der Waals surface area contributed by atoms with Gasteiger partial charge >= 0.3 is 0 Å². The number of likely N-dealkylation sites (tertiary alicyclic amines) is 1. The lowest BCUT2D eigenvalue weighted by Crippen LogP contribution is -2.23. The number of carbonyl (C=O) groups is 2. The van der Waals surface area contributed by atoms with Gasteiger partial charge in [0.15, 0.2) is 5.78 Å². The van der Waals surface area contributed by atoms with Crippen molar-refractivity contribution in [1.29, 1.82) is 0 Å². The van der Waals surface area contributed by atoms with E-state index in [9.17, 15) is 19.7 Å². The standard InChI is InChI=1S/C20H21N3O4/c1-14(24)17-7-8-18(19(11-17)23(26)27)21-12-15-4-2-5-16(10-15)13-22-9-3-6-20(22)25/h2,4-5,7-8,10-11,21H,3,6,9,12-13H2,1H3. The molecule has 1 aliphatic heterocycles. The van der Waals surface area contributed by atoms with Crippen LogP contribution in [0.4, 0.5) is 11.4 Å². The molecule has 0 atom stereocenters. The van der Waals surface area contributed by atoms with Crippen LogP contribution in [0.25, 0.3) is 0 Å². The van der Waals surface area contributed by atoms with Gasteiger partial charge in [-0.05, 0) is 36.6 Å². The average molecular weight is 367 g/mol. The van der Waals surface area contributed by atoms with Crippen molar-refractivity contribution < 1.29 is 14.5 Å². The van der Waals surface area contributed by atoms with Crippen molar-refractivity contribution in [1.82, 2.24) is 4.90 Å². The number of carbonyl (C=O) groups excluding carboxylic acids is 2. The predicted molar refractivity (Wildman–Crippen MR) is 102 cm³/mol. The summed E-state index contributed by atoms with van der Waals surface area (Å²) in [6.07, 6.45) is 1.52. The second-order valence-corrected chi connectivity index (χ2v) is 6.64. The molecule has 0 spiro atoms. The number of nitrogens with one attached hydrogen (secondary N) is 1. The van der Waals surface area contributed by atoms with E-state index in [2.05, 4.69) is 5.32 Å². The van der Waals surface area contributed by atoms with Gasteiger partial charge in [0, 0.05) is 37.7 Å². The molecular weight excluding hydrogens is 346 g/mol. The fourth-order valence-corrected chi connectivity index (χ4v) is 3.18. The van der Waals surface area contributed by atoms with Crippen LogP contribution < -0.4 is 5.32 Å². The number of nitro groups is 1. The van der Waals surface area contributed by atoms with Crippen molar-refractivity contribution in [2.45, 2.75) is 32.9 Å². The number of benzene rings is 2. The number of hydrogen-bond acceptors (Lipinski definition) is 5. The summed E-state index contributed by atoms with van der Waals surface area (Å²) in [5.41, 5.74) is 2.55. The van der Waals surface area contributed by atoms with Crippen molar-refractivity contribution in [2.24, 2.45) is 0 Å². The number of nitro benzene ring substituents is 1. The topological polar surface area (TPSA) is 92.6 Å². The molecule has 0 bridgehead atoms. The molecule has 0 saturated carbocycles. The molecule has 140 valence electrons. The van der Waals surface area contributed by atoms with Crippen molar-refractivity contribution in [3.63, 3.8) is 0 Å². The third kappa shape index (κ3) is 4.49. The van der Waals surface area contributed by atoms with Crippen LogP contribution in [0.3, 0.4) is 0 Å². The molecule has 0 unspecified atom stereocenters. The first-order valence-corrected chi connectivity index (χ1v) is 8.83. The summed E-state index contributed by atoms with van der Waals surface area (Å²) in [6, 6.07) is 12.2. The Morgan fingerprint density at radius 3 is 2.67 bits per heavy atom. The van der Waals surface area contributed by atoms with E-state index in [1.165, 1.54) is 13.0 Å². The fourth-order valence-electron chi connectivity index (χ4n) is 3.18. The number of hydrogen-bond donors (Lipinski definition) is 1. The Morgan fingerprint density at radius 1 is 1.22 bits per heavy atom. The average Bonchev–Trinajstić information content (AvgIpc) is 3.04. The van der Waals surface area contributed by atoms with Crippen LogP contribution >= 0.6 is 0 Å². The molecule has 0 aromatic heterocycles. The molecule has 2 aromatic rings. The van der Waals surface area contributed by atoms with Gasteiger partial charge in [0.1, 0.15) is 5.69 Å². The lowest BCUT2D eigenvalue weighted by atomic mass is 10.1. The molecule has 1 N–H and O–H groups in total. The Balaban J connectivity index is 1.71. The van der Waals surface area contributed by atoms with E-state index < -0.39 is 4.92 Å². The quantitative estimate of drug-likeness (QED) is 0.459. The monoisotopic (exact) mass is 367 g/mol. The van der Waals surface area contributed by atoms with Crippen LogP contribution in [0.1, 0.15) is 41.3 Å². The van der Waals surface area contributed by atoms with Crippen molar-refractivity contribution >= 4 is 23.1 Å². The van der Waals surface area contributed by atoms with Crippen molar-refractivity contribution in [3.8, 4) is 0 Å². The summed E-state index contributed by atoms with van der Waals surface area (Å²) in [6.45, 7) is 3.15. The second kappa shape index (κ2) is 7.99. The van der Waals surface area contributed by atoms with Gasteiger partial charge in [0.05, 0.1) is 4.92 Å². The zero-order chi connectivity index (χ0) is 19.4. The van der Waals surface area contributed by atoms with E-state index in [-0.39, 0.29) is 17.4 Å². The normalized spacial score (nSPS) is 13.7. The molecular formula is C20H21N3O4. The lowest BCUT2D eigenvalue weighted by Gasteiger charge is -2.16. The lowest BCUT2D eigenvalue weighted by molar-refractivity contribution is -0.384. The molecule has 2 aromatic carbocycles. The third-order valence-electron chi connectivity index (χ3n) is 4.62. The highest BCUT2D eigenvalue weighted by molar-refractivity contribution is 5.95. The number of ketones is 1. The maximum atomic E-state index is 11.8. The third-order valence-corrected chi connectivity index (χ3v) is 4.62. The summed E-state index contributed by atoms with van der Waals surface area (Å²) < 4.78 is 0. The van der Waals surface area contributed by atoms with Gasteiger partial charge in [-0.15, -0.1) is 0 Å². The van der Waals surface area contributed by atoms with Gasteiger partial charge in [0.25, 0.3) is 5.69 Å². The summed E-state index contributed by atoms with van der Waals surface area (Å²) in [4.78, 5) is 35.9. The van der Waals surface area contributed by atoms with Crippen LogP contribution in [0, 0.1) is 10.1 Å². The predicted octanol–water partition coefficient (Wildman–Crippen LogP) is 3.53. The van der Waals surface area contributed by atoms with Gasteiger partial charge in [-0.25, -0.2) is 0 Å². The molecule has 1 fully saturated rings. The van der Waals surface area contributed by atoms with Gasteiger partial charge in [-0.2, -0.15) is 0 Å². The highest BCUT2D eigenvalue weighted by atomic mass is 16.6. The molecule has 7 nitrogen and oxygen atoms in total. The fraction of sp³-hybridized carbons (Fsp3) is 0.300. The van der Waals surface area contributed by atoms with Crippen molar-refractivity contribution in [2.75, 3.05) is 11.9 Å². The van der Waals surface area contributed by atoms with Crippen LogP contribution in [0.2, 0.25) is 0 Å². The maximum absolute atomic E-state index is 11.8. The number of rotatable bonds is 7. The highest BCUT2D eigenvalue weighted by Gasteiger charge is 2.20. The van der Waals surface area contributed by atoms with Gasteiger partial charge in [-0.1, -0.05) is 24.3 Å².